The van der Waals surface area contributed by atoms with Gasteiger partial charge in [0.15, 0.2) is 0 Å². The van der Waals surface area contributed by atoms with Crippen LogP contribution in [0.25, 0.3) is 132 Å². The number of nitrogens with zero attached hydrogens (tertiary/aromatic N) is 3. The molecule has 0 spiro atoms. The van der Waals surface area contributed by atoms with Gasteiger partial charge in [0.25, 0.3) is 6.71 Å². The van der Waals surface area contributed by atoms with Crippen LogP contribution in [0.5, 0.6) is 11.5 Å². The molecule has 0 saturated carbocycles. The molecule has 17 aromatic rings. The maximum atomic E-state index is 7.70. The summed E-state index contributed by atoms with van der Waals surface area (Å²) in [6, 6.07) is 121. The average Bonchev–Trinajstić information content (AvgIpc) is 0.882. The molecule has 19 rings (SSSR count). The molecule has 0 radical (unpaired) electrons. The van der Waals surface area contributed by atoms with Crippen LogP contribution >= 0.6 is 0 Å². The standard InChI is InChI=1S/C86H54BN3O/c1-4-25-55(26-5-1)61-31-10-11-36-68(61)84-71-39-14-12-37-69(71)83(70-38-13-15-40-72(70)84)58-47-49-73-79(51-58)90(86-62(56-27-6-2-7-28-56)41-24-42-63(86)57-29-8-3-9-30-57)80-52-60(89-77-45-22-18-34-66(77)67-35-19-23-46-78(67)89)54-82-85(80)87(73)74-50-48-59(53-81(74)91-82)88-75-43-20-16-32-64(75)65-33-17-21-44-76(65)88/h1-54H. The van der Waals surface area contributed by atoms with Crippen molar-refractivity contribution < 1.29 is 4.74 Å². The Kier molecular flexibility index (Phi) is 11.4. The van der Waals surface area contributed by atoms with Gasteiger partial charge in [-0.15, -0.1) is 0 Å². The van der Waals surface area contributed by atoms with Crippen molar-refractivity contribution in [1.82, 2.24) is 9.13 Å². The average molecular weight is 1160 g/mol. The zero-order valence-electron chi connectivity index (χ0n) is 49.5. The van der Waals surface area contributed by atoms with E-state index in [-0.39, 0.29) is 6.71 Å². The monoisotopic (exact) mass is 1160 g/mol. The Labute approximate surface area is 527 Å². The van der Waals surface area contributed by atoms with Crippen LogP contribution in [-0.4, -0.2) is 15.8 Å². The van der Waals surface area contributed by atoms with Gasteiger partial charge >= 0.3 is 0 Å². The van der Waals surface area contributed by atoms with Crippen LogP contribution in [-0.2, 0) is 0 Å². The number of anilines is 3. The van der Waals surface area contributed by atoms with Gasteiger partial charge in [-0.1, -0.05) is 273 Å². The molecule has 0 saturated heterocycles. The SMILES string of the molecule is c1ccc(-c2ccccc2-c2c3ccccc3c(-c3ccc4c(c3)N(c3c(-c5ccccc5)cccc3-c3ccccc3)c3cc(-n5c6ccccc6c6ccccc65)cc5c3B4c3ccc(-n4c6ccccc6c6ccccc64)cc3O5)c3ccccc23)cc1. The van der Waals surface area contributed by atoms with Crippen LogP contribution in [0.3, 0.4) is 0 Å². The van der Waals surface area contributed by atoms with E-state index in [1.165, 1.54) is 76.4 Å². The molecule has 0 unspecified atom stereocenters. The summed E-state index contributed by atoms with van der Waals surface area (Å²) >= 11 is 0. The predicted molar refractivity (Wildman–Crippen MR) is 383 cm³/mol. The van der Waals surface area contributed by atoms with Crippen molar-refractivity contribution in [3.05, 3.63) is 328 Å². The third-order valence-electron chi connectivity index (χ3n) is 19.4. The van der Waals surface area contributed by atoms with E-state index in [1.807, 2.05) is 0 Å². The number of fused-ring (bicyclic) bond motifs is 12. The molecule has 4 heterocycles. The summed E-state index contributed by atoms with van der Waals surface area (Å²) in [6.07, 6.45) is 0. The Morgan fingerprint density at radius 1 is 0.253 bits per heavy atom. The number of hydrogen-bond donors (Lipinski definition) is 0. The Bertz CT molecular complexity index is 5610. The number of rotatable bonds is 8. The van der Waals surface area contributed by atoms with E-state index in [1.54, 1.807) is 0 Å². The van der Waals surface area contributed by atoms with Crippen molar-refractivity contribution in [2.24, 2.45) is 0 Å². The van der Waals surface area contributed by atoms with Crippen molar-refractivity contribution in [3.63, 3.8) is 0 Å². The summed E-state index contributed by atoms with van der Waals surface area (Å²) in [6.45, 7) is -0.220. The highest BCUT2D eigenvalue weighted by atomic mass is 16.5. The Morgan fingerprint density at radius 2 is 0.659 bits per heavy atom. The maximum absolute atomic E-state index is 7.70. The minimum absolute atomic E-state index is 0.220. The van der Waals surface area contributed by atoms with Crippen molar-refractivity contribution in [2.75, 3.05) is 4.90 Å². The van der Waals surface area contributed by atoms with E-state index in [9.17, 15) is 0 Å². The second-order valence-electron chi connectivity index (χ2n) is 24.2. The first-order chi connectivity index (χ1) is 45.2. The van der Waals surface area contributed by atoms with Gasteiger partial charge in [0.2, 0.25) is 0 Å². The van der Waals surface area contributed by atoms with Crippen LogP contribution < -0.4 is 26.0 Å². The molecule has 5 heteroatoms. The van der Waals surface area contributed by atoms with E-state index >= 15 is 0 Å². The van der Waals surface area contributed by atoms with Crippen LogP contribution in [0.4, 0.5) is 17.1 Å². The first kappa shape index (κ1) is 51.2. The van der Waals surface area contributed by atoms with Crippen LogP contribution in [0.15, 0.2) is 328 Å². The van der Waals surface area contributed by atoms with Gasteiger partial charge in [-0.25, -0.2) is 0 Å². The first-order valence-corrected chi connectivity index (χ1v) is 31.4. The van der Waals surface area contributed by atoms with E-state index < -0.39 is 0 Å². The van der Waals surface area contributed by atoms with Crippen molar-refractivity contribution in [3.8, 4) is 78.5 Å². The quantitative estimate of drug-likeness (QED) is 0.112. The van der Waals surface area contributed by atoms with Gasteiger partial charge in [-0.05, 0) is 125 Å². The number of benzene rings is 15. The fraction of sp³-hybridized carbons (Fsp3) is 0. The van der Waals surface area contributed by atoms with Gasteiger partial charge in [-0.3, -0.25) is 0 Å². The lowest BCUT2D eigenvalue weighted by Crippen LogP contribution is -2.59. The normalized spacial score (nSPS) is 12.4. The molecule has 91 heavy (non-hydrogen) atoms. The topological polar surface area (TPSA) is 22.3 Å². The summed E-state index contributed by atoms with van der Waals surface area (Å²) in [5.41, 5.74) is 25.0. The fourth-order valence-corrected chi connectivity index (χ4v) is 15.6. The largest absolute Gasteiger partial charge is 0.458 e. The second-order valence-corrected chi connectivity index (χ2v) is 24.2. The maximum Gasteiger partial charge on any atom is 0.256 e. The lowest BCUT2D eigenvalue weighted by atomic mass is 9.34. The van der Waals surface area contributed by atoms with Gasteiger partial charge in [-0.2, -0.15) is 0 Å². The third-order valence-corrected chi connectivity index (χ3v) is 19.4. The molecule has 0 amide bonds. The third kappa shape index (κ3) is 7.78. The molecular formula is C86H54BN3O. The lowest BCUT2D eigenvalue weighted by molar-refractivity contribution is 0.487. The minimum atomic E-state index is -0.220. The molecule has 0 N–H and O–H groups in total. The molecule has 0 atom stereocenters. The molecule has 0 aliphatic carbocycles. The Morgan fingerprint density at radius 3 is 1.19 bits per heavy atom. The zero-order chi connectivity index (χ0) is 59.7. The number of aromatic nitrogens is 2. The van der Waals surface area contributed by atoms with E-state index in [0.717, 1.165) is 101 Å². The van der Waals surface area contributed by atoms with Crippen molar-refractivity contribution >= 4 is 105 Å². The molecule has 422 valence electrons. The smallest absolute Gasteiger partial charge is 0.256 e. The van der Waals surface area contributed by atoms with Gasteiger partial charge in [0.1, 0.15) is 11.5 Å². The summed E-state index contributed by atoms with van der Waals surface area (Å²) in [4.78, 5) is 2.62. The minimum Gasteiger partial charge on any atom is -0.458 e. The summed E-state index contributed by atoms with van der Waals surface area (Å²) < 4.78 is 12.5. The Balaban J connectivity index is 0.934. The van der Waals surface area contributed by atoms with E-state index in [0.29, 0.717) is 0 Å². The van der Waals surface area contributed by atoms with Crippen LogP contribution in [0, 0.1) is 0 Å². The number of para-hydroxylation sites is 5. The van der Waals surface area contributed by atoms with Crippen LogP contribution in [0.1, 0.15) is 0 Å². The van der Waals surface area contributed by atoms with Crippen LogP contribution in [0.2, 0.25) is 0 Å². The number of hydrogen-bond acceptors (Lipinski definition) is 2. The second kappa shape index (κ2) is 20.3. The van der Waals surface area contributed by atoms with Gasteiger partial charge < -0.3 is 18.8 Å². The number of ether oxygens (including phenoxy) is 1. The molecule has 15 aromatic carbocycles. The zero-order valence-corrected chi connectivity index (χ0v) is 49.5. The molecule has 4 nitrogen and oxygen atoms in total. The van der Waals surface area contributed by atoms with Crippen molar-refractivity contribution in [2.45, 2.75) is 0 Å². The van der Waals surface area contributed by atoms with Crippen molar-refractivity contribution in [1.29, 1.82) is 0 Å². The Hall–Kier alpha value is -11.9. The molecule has 2 aliphatic rings. The summed E-state index contributed by atoms with van der Waals surface area (Å²) in [5, 5.41) is 9.64. The molecular weight excluding hydrogens is 1100 g/mol. The molecule has 2 aromatic heterocycles. The molecule has 0 bridgehead atoms. The highest BCUT2D eigenvalue weighted by molar-refractivity contribution is 6.99. The molecule has 2 aliphatic heterocycles. The summed E-state index contributed by atoms with van der Waals surface area (Å²) in [7, 11) is 0. The molecule has 0 fully saturated rings. The lowest BCUT2D eigenvalue weighted by Gasteiger charge is -2.42. The fourth-order valence-electron chi connectivity index (χ4n) is 15.6. The first-order valence-electron chi connectivity index (χ1n) is 31.4. The highest BCUT2D eigenvalue weighted by Crippen LogP contribution is 2.53. The van der Waals surface area contributed by atoms with Gasteiger partial charge in [0.05, 0.1) is 33.4 Å². The summed E-state index contributed by atoms with van der Waals surface area (Å²) in [5.74, 6) is 1.66. The highest BCUT2D eigenvalue weighted by Gasteiger charge is 2.44. The van der Waals surface area contributed by atoms with Gasteiger partial charge in [0, 0.05) is 61.9 Å². The van der Waals surface area contributed by atoms with E-state index in [2.05, 4.69) is 342 Å². The predicted octanol–water partition coefficient (Wildman–Crippen LogP) is 20.9. The van der Waals surface area contributed by atoms with E-state index in [4.69, 9.17) is 4.74 Å².